The number of pyridine rings is 1. The monoisotopic (exact) mass is 372 g/mol. The molecule has 1 saturated heterocycles. The van der Waals surface area contributed by atoms with Gasteiger partial charge in [-0.15, -0.1) is 0 Å². The molecule has 0 aromatic carbocycles. The fourth-order valence-corrected chi connectivity index (χ4v) is 3.37. The van der Waals surface area contributed by atoms with Crippen LogP contribution in [0.5, 0.6) is 0 Å². The molecule has 1 aliphatic heterocycles. The Balaban J connectivity index is 1.51. The molecular weight excluding hydrogens is 356 g/mol. The summed E-state index contributed by atoms with van der Waals surface area (Å²) in [5, 5.41) is 0.540. The topological polar surface area (TPSA) is 71.1 Å². The second kappa shape index (κ2) is 6.49. The van der Waals surface area contributed by atoms with Gasteiger partial charge in [0, 0.05) is 32.4 Å². The van der Waals surface area contributed by atoms with Gasteiger partial charge in [0.15, 0.2) is 5.76 Å². The first-order valence-electron chi connectivity index (χ1n) is 8.31. The van der Waals surface area contributed by atoms with Crippen LogP contribution in [0.15, 0.2) is 41.1 Å². The number of halogens is 1. The van der Waals surface area contributed by atoms with E-state index >= 15 is 0 Å². The summed E-state index contributed by atoms with van der Waals surface area (Å²) in [5.74, 6) is 0.0549. The van der Waals surface area contributed by atoms with Crippen molar-refractivity contribution in [3.05, 3.63) is 58.9 Å². The normalized spacial score (nSPS) is 14.8. The number of aryl methyl sites for hydroxylation is 1. The first-order valence-corrected chi connectivity index (χ1v) is 8.68. The third-order valence-corrected chi connectivity index (χ3v) is 4.77. The molecule has 0 aliphatic carbocycles. The Labute approximate surface area is 154 Å². The minimum Gasteiger partial charge on any atom is -0.459 e. The van der Waals surface area contributed by atoms with Crippen LogP contribution in [0.25, 0.3) is 5.65 Å². The molecule has 8 heteroatoms. The number of piperazine rings is 1. The lowest BCUT2D eigenvalue weighted by molar-refractivity contribution is 0.0514. The van der Waals surface area contributed by atoms with E-state index in [2.05, 4.69) is 4.98 Å². The predicted octanol–water partition coefficient (Wildman–Crippen LogP) is 2.49. The lowest BCUT2D eigenvalue weighted by Crippen LogP contribution is -2.50. The molecule has 2 amide bonds. The molecule has 134 valence electrons. The number of hydrogen-bond donors (Lipinski definition) is 0. The van der Waals surface area contributed by atoms with Crippen molar-refractivity contribution in [2.24, 2.45) is 0 Å². The average molecular weight is 373 g/mol. The number of carbonyl (C=O) groups excluding carboxylic acids is 2. The number of amides is 2. The maximum absolute atomic E-state index is 13.0. The second-order valence-electron chi connectivity index (χ2n) is 6.18. The van der Waals surface area contributed by atoms with Gasteiger partial charge in [0.05, 0.1) is 17.0 Å². The van der Waals surface area contributed by atoms with E-state index in [4.69, 9.17) is 16.0 Å². The third kappa shape index (κ3) is 2.84. The van der Waals surface area contributed by atoms with Gasteiger partial charge in [0.25, 0.3) is 11.8 Å². The Morgan fingerprint density at radius 2 is 1.77 bits per heavy atom. The fraction of sp³-hybridized carbons (Fsp3) is 0.278. The molecule has 0 radical (unpaired) electrons. The molecular formula is C18H17ClN4O3. The Kier molecular flexibility index (Phi) is 4.16. The number of rotatable bonds is 2. The van der Waals surface area contributed by atoms with Crippen LogP contribution in [0.1, 0.15) is 26.7 Å². The van der Waals surface area contributed by atoms with Crippen LogP contribution < -0.4 is 0 Å². The maximum Gasteiger partial charge on any atom is 0.289 e. The summed E-state index contributed by atoms with van der Waals surface area (Å²) in [7, 11) is 0. The van der Waals surface area contributed by atoms with Crippen molar-refractivity contribution >= 4 is 29.1 Å². The van der Waals surface area contributed by atoms with Crippen LogP contribution in [0, 0.1) is 6.92 Å². The van der Waals surface area contributed by atoms with Crippen molar-refractivity contribution < 1.29 is 14.0 Å². The van der Waals surface area contributed by atoms with Crippen LogP contribution >= 0.6 is 11.6 Å². The van der Waals surface area contributed by atoms with E-state index in [1.807, 2.05) is 6.92 Å². The molecule has 3 aromatic heterocycles. The standard InChI is InChI=1S/C18H17ClN4O3/c1-12-16(23-11-13(19)4-5-15(23)20-12)18(25)22-8-6-21(7-9-22)17(24)14-3-2-10-26-14/h2-5,10-11H,6-9H2,1H3. The van der Waals surface area contributed by atoms with Crippen molar-refractivity contribution in [2.75, 3.05) is 26.2 Å². The largest absolute Gasteiger partial charge is 0.459 e. The molecule has 4 heterocycles. The molecule has 0 atom stereocenters. The highest BCUT2D eigenvalue weighted by molar-refractivity contribution is 6.30. The number of hydrogen-bond acceptors (Lipinski definition) is 4. The smallest absolute Gasteiger partial charge is 0.289 e. The number of aromatic nitrogens is 2. The Hall–Kier alpha value is -2.80. The molecule has 0 N–H and O–H groups in total. The molecule has 26 heavy (non-hydrogen) atoms. The van der Waals surface area contributed by atoms with Gasteiger partial charge in [-0.3, -0.25) is 14.0 Å². The van der Waals surface area contributed by atoms with Gasteiger partial charge in [-0.2, -0.15) is 0 Å². The van der Waals surface area contributed by atoms with E-state index in [1.54, 1.807) is 44.7 Å². The summed E-state index contributed by atoms with van der Waals surface area (Å²) >= 11 is 6.07. The Morgan fingerprint density at radius 3 is 2.42 bits per heavy atom. The number of carbonyl (C=O) groups is 2. The number of fused-ring (bicyclic) bond motifs is 1. The Bertz CT molecular complexity index is 972. The van der Waals surface area contributed by atoms with Crippen molar-refractivity contribution in [2.45, 2.75) is 6.92 Å². The quantitative estimate of drug-likeness (QED) is 0.693. The highest BCUT2D eigenvalue weighted by atomic mass is 35.5. The minimum absolute atomic E-state index is 0.109. The van der Waals surface area contributed by atoms with E-state index in [-0.39, 0.29) is 11.8 Å². The van der Waals surface area contributed by atoms with Crippen molar-refractivity contribution in [3.8, 4) is 0 Å². The summed E-state index contributed by atoms with van der Waals surface area (Å²) in [6.07, 6.45) is 3.17. The molecule has 0 bridgehead atoms. The van der Waals surface area contributed by atoms with Crippen molar-refractivity contribution in [1.82, 2.24) is 19.2 Å². The molecule has 0 spiro atoms. The van der Waals surface area contributed by atoms with Crippen molar-refractivity contribution in [1.29, 1.82) is 0 Å². The van der Waals surface area contributed by atoms with Gasteiger partial charge in [0.2, 0.25) is 0 Å². The number of furan rings is 1. The van der Waals surface area contributed by atoms with Gasteiger partial charge in [-0.1, -0.05) is 11.6 Å². The number of nitrogens with zero attached hydrogens (tertiary/aromatic N) is 4. The third-order valence-electron chi connectivity index (χ3n) is 4.55. The van der Waals surface area contributed by atoms with Crippen LogP contribution in [0.3, 0.4) is 0 Å². The molecule has 4 rings (SSSR count). The lowest BCUT2D eigenvalue weighted by Gasteiger charge is -2.34. The fourth-order valence-electron chi connectivity index (χ4n) is 3.21. The predicted molar refractivity (Wildman–Crippen MR) is 95.5 cm³/mol. The first kappa shape index (κ1) is 16.7. The maximum atomic E-state index is 13.0. The van der Waals surface area contributed by atoms with E-state index in [0.29, 0.717) is 54.0 Å². The van der Waals surface area contributed by atoms with Gasteiger partial charge in [-0.05, 0) is 31.2 Å². The van der Waals surface area contributed by atoms with Gasteiger partial charge in [0.1, 0.15) is 11.3 Å². The van der Waals surface area contributed by atoms with Gasteiger partial charge >= 0.3 is 0 Å². The summed E-state index contributed by atoms with van der Waals surface area (Å²) < 4.78 is 6.88. The SMILES string of the molecule is Cc1nc2ccc(Cl)cn2c1C(=O)N1CCN(C(=O)c2ccco2)CC1. The Morgan fingerprint density at radius 1 is 1.08 bits per heavy atom. The lowest BCUT2D eigenvalue weighted by atomic mass is 10.2. The summed E-state index contributed by atoms with van der Waals surface area (Å²) in [6.45, 7) is 3.64. The van der Waals surface area contributed by atoms with Crippen LogP contribution in [-0.4, -0.2) is 57.2 Å². The van der Waals surface area contributed by atoms with E-state index in [1.165, 1.54) is 6.26 Å². The highest BCUT2D eigenvalue weighted by Crippen LogP contribution is 2.19. The van der Waals surface area contributed by atoms with Gasteiger partial charge in [-0.25, -0.2) is 4.98 Å². The highest BCUT2D eigenvalue weighted by Gasteiger charge is 2.29. The van der Waals surface area contributed by atoms with Crippen LogP contribution in [0.4, 0.5) is 0 Å². The summed E-state index contributed by atoms with van der Waals surface area (Å²) in [5.41, 5.74) is 1.85. The molecule has 0 unspecified atom stereocenters. The zero-order valence-electron chi connectivity index (χ0n) is 14.2. The molecule has 7 nitrogen and oxygen atoms in total. The zero-order chi connectivity index (χ0) is 18.3. The van der Waals surface area contributed by atoms with E-state index < -0.39 is 0 Å². The summed E-state index contributed by atoms with van der Waals surface area (Å²) in [6, 6.07) is 6.86. The second-order valence-corrected chi connectivity index (χ2v) is 6.62. The molecule has 0 saturated carbocycles. The molecule has 3 aromatic rings. The zero-order valence-corrected chi connectivity index (χ0v) is 14.9. The first-order chi connectivity index (χ1) is 12.5. The number of imidazole rings is 1. The van der Waals surface area contributed by atoms with Crippen LogP contribution in [0.2, 0.25) is 5.02 Å². The average Bonchev–Trinajstić information content (AvgIpc) is 3.28. The van der Waals surface area contributed by atoms with E-state index in [9.17, 15) is 9.59 Å². The van der Waals surface area contributed by atoms with Crippen LogP contribution in [-0.2, 0) is 0 Å². The molecule has 1 aliphatic rings. The summed E-state index contributed by atoms with van der Waals surface area (Å²) in [4.78, 5) is 33.2. The molecule has 1 fully saturated rings. The van der Waals surface area contributed by atoms with Gasteiger partial charge < -0.3 is 14.2 Å². The minimum atomic E-state index is -0.153. The van der Waals surface area contributed by atoms with Crippen molar-refractivity contribution in [3.63, 3.8) is 0 Å². The van der Waals surface area contributed by atoms with E-state index in [0.717, 1.165) is 0 Å².